The van der Waals surface area contributed by atoms with Crippen LogP contribution >= 0.6 is 0 Å². The van der Waals surface area contributed by atoms with Crippen molar-refractivity contribution in [3.63, 3.8) is 0 Å². The summed E-state index contributed by atoms with van der Waals surface area (Å²) in [5.41, 5.74) is 0.432. The zero-order valence-corrected chi connectivity index (χ0v) is 11.1. The molecule has 0 amide bonds. The Morgan fingerprint density at radius 3 is 2.47 bits per heavy atom. The molecule has 0 unspecified atom stereocenters. The van der Waals surface area contributed by atoms with Crippen molar-refractivity contribution in [1.29, 1.82) is 0 Å². The van der Waals surface area contributed by atoms with Gasteiger partial charge in [-0.25, -0.2) is 0 Å². The van der Waals surface area contributed by atoms with Gasteiger partial charge in [0.2, 0.25) is 0 Å². The predicted molar refractivity (Wildman–Crippen MR) is 67.3 cm³/mol. The molecule has 1 N–H and O–H groups in total. The molecule has 0 spiro atoms. The molecule has 0 radical (unpaired) electrons. The fraction of sp³-hybridized carbons (Fsp3) is 1.00. The maximum atomic E-state index is 5.28. The highest BCUT2D eigenvalue weighted by atomic mass is 16.5. The third-order valence-corrected chi connectivity index (χ3v) is 2.69. The van der Waals surface area contributed by atoms with Crippen molar-refractivity contribution in [3.8, 4) is 0 Å². The number of ether oxygens (including phenoxy) is 1. The molecule has 0 fully saturated rings. The Morgan fingerprint density at radius 1 is 1.13 bits per heavy atom. The van der Waals surface area contributed by atoms with Gasteiger partial charge in [-0.05, 0) is 18.8 Å². The average Bonchev–Trinajstić information content (AvgIpc) is 2.17. The van der Waals surface area contributed by atoms with Gasteiger partial charge in [-0.15, -0.1) is 0 Å². The van der Waals surface area contributed by atoms with Crippen molar-refractivity contribution in [2.75, 3.05) is 26.3 Å². The lowest BCUT2D eigenvalue weighted by Crippen LogP contribution is -2.31. The van der Waals surface area contributed by atoms with Gasteiger partial charge in [-0.1, -0.05) is 40.0 Å². The van der Waals surface area contributed by atoms with E-state index < -0.39 is 0 Å². The van der Waals surface area contributed by atoms with Crippen LogP contribution in [0, 0.1) is 5.41 Å². The third-order valence-electron chi connectivity index (χ3n) is 2.69. The lowest BCUT2D eigenvalue weighted by Gasteiger charge is -2.25. The van der Waals surface area contributed by atoms with Crippen molar-refractivity contribution < 1.29 is 4.74 Å². The minimum Gasteiger partial charge on any atom is -0.380 e. The highest BCUT2D eigenvalue weighted by molar-refractivity contribution is 4.71. The first kappa shape index (κ1) is 14.9. The Morgan fingerprint density at radius 2 is 1.87 bits per heavy atom. The number of hydrogen-bond acceptors (Lipinski definition) is 2. The molecule has 0 bridgehead atoms. The van der Waals surface area contributed by atoms with Gasteiger partial charge < -0.3 is 10.1 Å². The van der Waals surface area contributed by atoms with Crippen LogP contribution in [-0.4, -0.2) is 26.3 Å². The van der Waals surface area contributed by atoms with Crippen LogP contribution in [0.1, 0.15) is 53.4 Å². The highest BCUT2D eigenvalue weighted by Gasteiger charge is 2.16. The zero-order chi connectivity index (χ0) is 11.6. The second-order valence-corrected chi connectivity index (χ2v) is 5.00. The van der Waals surface area contributed by atoms with Gasteiger partial charge in [-0.3, -0.25) is 0 Å². The molecule has 15 heavy (non-hydrogen) atoms. The Kier molecular flexibility index (Phi) is 9.12. The van der Waals surface area contributed by atoms with Crippen molar-refractivity contribution in [2.45, 2.75) is 53.4 Å². The molecule has 0 aromatic rings. The van der Waals surface area contributed by atoms with Crippen LogP contribution in [0.3, 0.4) is 0 Å². The van der Waals surface area contributed by atoms with Crippen LogP contribution in [0.25, 0.3) is 0 Å². The summed E-state index contributed by atoms with van der Waals surface area (Å²) in [4.78, 5) is 0. The normalized spacial score (nSPS) is 12.0. The molecule has 0 rings (SSSR count). The van der Waals surface area contributed by atoms with E-state index in [0.717, 1.165) is 26.3 Å². The van der Waals surface area contributed by atoms with E-state index in [9.17, 15) is 0 Å². The first-order valence-electron chi connectivity index (χ1n) is 6.41. The summed E-state index contributed by atoms with van der Waals surface area (Å²) in [5.74, 6) is 0. The van der Waals surface area contributed by atoms with E-state index in [1.54, 1.807) is 0 Å². The second kappa shape index (κ2) is 9.17. The quantitative estimate of drug-likeness (QED) is 0.565. The smallest absolute Gasteiger partial charge is 0.0590 e. The van der Waals surface area contributed by atoms with Gasteiger partial charge in [0.25, 0.3) is 0 Å². The number of nitrogens with one attached hydrogen (secondary N) is 1. The van der Waals surface area contributed by atoms with E-state index in [1.165, 1.54) is 25.7 Å². The first-order valence-corrected chi connectivity index (χ1v) is 6.41. The Hall–Kier alpha value is -0.0800. The fourth-order valence-corrected chi connectivity index (χ4v) is 1.66. The summed E-state index contributed by atoms with van der Waals surface area (Å²) in [6.07, 6.45) is 5.36. The number of hydrogen-bond donors (Lipinski definition) is 1. The van der Waals surface area contributed by atoms with Crippen LogP contribution in [0.2, 0.25) is 0 Å². The number of rotatable bonds is 10. The average molecular weight is 215 g/mol. The summed E-state index contributed by atoms with van der Waals surface area (Å²) in [5, 5.41) is 3.46. The van der Waals surface area contributed by atoms with Gasteiger partial charge in [0.05, 0.1) is 6.61 Å². The summed E-state index contributed by atoms with van der Waals surface area (Å²) in [6.45, 7) is 12.7. The lowest BCUT2D eigenvalue weighted by atomic mass is 9.87. The summed E-state index contributed by atoms with van der Waals surface area (Å²) >= 11 is 0. The molecule has 0 aromatic heterocycles. The minimum absolute atomic E-state index is 0.432. The molecule has 0 heterocycles. The van der Waals surface area contributed by atoms with Gasteiger partial charge >= 0.3 is 0 Å². The molecular weight excluding hydrogens is 186 g/mol. The fourth-order valence-electron chi connectivity index (χ4n) is 1.66. The first-order chi connectivity index (χ1) is 7.12. The molecule has 0 aromatic carbocycles. The summed E-state index contributed by atoms with van der Waals surface area (Å²) in [6, 6.07) is 0. The SMILES string of the molecule is CCCCCC(C)(C)CNCCOCC. The molecule has 92 valence electrons. The monoisotopic (exact) mass is 215 g/mol. The lowest BCUT2D eigenvalue weighted by molar-refractivity contribution is 0.146. The van der Waals surface area contributed by atoms with E-state index in [0.29, 0.717) is 5.41 Å². The van der Waals surface area contributed by atoms with Gasteiger partial charge in [0.1, 0.15) is 0 Å². The Bertz CT molecular complexity index is 134. The standard InChI is InChI=1S/C13H29NO/c1-5-7-8-9-13(3,4)12-14-10-11-15-6-2/h14H,5-12H2,1-4H3. The van der Waals surface area contributed by atoms with Crippen molar-refractivity contribution >= 4 is 0 Å². The maximum absolute atomic E-state index is 5.28. The summed E-state index contributed by atoms with van der Waals surface area (Å²) < 4.78 is 5.28. The topological polar surface area (TPSA) is 21.3 Å². The van der Waals surface area contributed by atoms with E-state index in [2.05, 4.69) is 26.1 Å². The van der Waals surface area contributed by atoms with Crippen LogP contribution in [-0.2, 0) is 4.74 Å². The van der Waals surface area contributed by atoms with Crippen molar-refractivity contribution in [1.82, 2.24) is 5.32 Å². The third kappa shape index (κ3) is 10.2. The Labute approximate surface area is 95.8 Å². The largest absolute Gasteiger partial charge is 0.380 e. The van der Waals surface area contributed by atoms with E-state index >= 15 is 0 Å². The molecular formula is C13H29NO. The highest BCUT2D eigenvalue weighted by Crippen LogP contribution is 2.22. The Balaban J connectivity index is 3.38. The van der Waals surface area contributed by atoms with Gasteiger partial charge in [0.15, 0.2) is 0 Å². The molecule has 0 saturated carbocycles. The van der Waals surface area contributed by atoms with Crippen molar-refractivity contribution in [2.24, 2.45) is 5.41 Å². The van der Waals surface area contributed by atoms with Gasteiger partial charge in [-0.2, -0.15) is 0 Å². The maximum Gasteiger partial charge on any atom is 0.0590 e. The molecule has 0 aliphatic rings. The van der Waals surface area contributed by atoms with E-state index in [-0.39, 0.29) is 0 Å². The zero-order valence-electron chi connectivity index (χ0n) is 11.1. The van der Waals surface area contributed by atoms with Crippen LogP contribution in [0.5, 0.6) is 0 Å². The minimum atomic E-state index is 0.432. The van der Waals surface area contributed by atoms with E-state index in [4.69, 9.17) is 4.74 Å². The molecule has 0 aliphatic heterocycles. The van der Waals surface area contributed by atoms with Crippen LogP contribution in [0.4, 0.5) is 0 Å². The van der Waals surface area contributed by atoms with Crippen LogP contribution < -0.4 is 5.32 Å². The second-order valence-electron chi connectivity index (χ2n) is 5.00. The van der Waals surface area contributed by atoms with Gasteiger partial charge in [0, 0.05) is 19.7 Å². The van der Waals surface area contributed by atoms with E-state index in [1.807, 2.05) is 6.92 Å². The molecule has 2 nitrogen and oxygen atoms in total. The molecule has 0 aliphatic carbocycles. The summed E-state index contributed by atoms with van der Waals surface area (Å²) in [7, 11) is 0. The predicted octanol–water partition coefficient (Wildman–Crippen LogP) is 3.22. The molecule has 0 saturated heterocycles. The number of unbranched alkanes of at least 4 members (excludes halogenated alkanes) is 2. The molecule has 0 atom stereocenters. The molecule has 2 heteroatoms. The van der Waals surface area contributed by atoms with Crippen molar-refractivity contribution in [3.05, 3.63) is 0 Å². The van der Waals surface area contributed by atoms with Crippen LogP contribution in [0.15, 0.2) is 0 Å².